The van der Waals surface area contributed by atoms with Crippen molar-refractivity contribution in [2.45, 2.75) is 182 Å². The number of rotatable bonds is 28. The summed E-state index contributed by atoms with van der Waals surface area (Å²) in [7, 11) is -4.89. The topological polar surface area (TPSA) is 80.6 Å². The van der Waals surface area contributed by atoms with Gasteiger partial charge < -0.3 is 19.2 Å². The van der Waals surface area contributed by atoms with Gasteiger partial charge in [-0.1, -0.05) is 130 Å². The van der Waals surface area contributed by atoms with E-state index in [1.165, 1.54) is 185 Å². The maximum Gasteiger partial charge on any atom is 0.262 e. The molecule has 0 aromatic rings. The highest BCUT2D eigenvalue weighted by atomic mass is 31.2. The molecule has 2 N–H and O–H groups in total. The van der Waals surface area contributed by atoms with Crippen LogP contribution >= 0.6 is 7.82 Å². The molecular formula is C32H70NO4P. The van der Waals surface area contributed by atoms with Crippen LogP contribution in [0.15, 0.2) is 0 Å². The van der Waals surface area contributed by atoms with Gasteiger partial charge in [0.15, 0.2) is 0 Å². The second-order valence-electron chi connectivity index (χ2n) is 11.8. The lowest BCUT2D eigenvalue weighted by Gasteiger charge is -2.40. The molecule has 0 aromatic carbocycles. The lowest BCUT2D eigenvalue weighted by atomic mass is 10.0. The Morgan fingerprint density at radius 2 is 0.579 bits per heavy atom. The van der Waals surface area contributed by atoms with Gasteiger partial charge in [0.05, 0.1) is 26.2 Å². The fourth-order valence-corrected chi connectivity index (χ4v) is 5.58. The van der Waals surface area contributed by atoms with Crippen LogP contribution in [0.5, 0.6) is 0 Å². The van der Waals surface area contributed by atoms with Crippen LogP contribution < -0.4 is 4.89 Å². The van der Waals surface area contributed by atoms with Crippen molar-refractivity contribution < 1.29 is 23.7 Å². The molecule has 0 aliphatic heterocycles. The molecule has 0 spiro atoms. The van der Waals surface area contributed by atoms with E-state index in [1.54, 1.807) is 0 Å². The predicted octanol–water partition coefficient (Wildman–Crippen LogP) is 9.68. The van der Waals surface area contributed by atoms with Crippen LogP contribution in [-0.2, 0) is 4.57 Å². The molecule has 0 radical (unpaired) electrons. The zero-order chi connectivity index (χ0) is 28.8. The fraction of sp³-hybridized carbons (Fsp3) is 1.00. The van der Waals surface area contributed by atoms with Crippen molar-refractivity contribution in [3.63, 3.8) is 0 Å². The Balaban J connectivity index is 0. The summed E-state index contributed by atoms with van der Waals surface area (Å²) in [4.78, 5) is 22.9. The van der Waals surface area contributed by atoms with Crippen molar-refractivity contribution in [2.75, 3.05) is 26.2 Å². The molecule has 0 unspecified atom stereocenters. The lowest BCUT2D eigenvalue weighted by Crippen LogP contribution is -2.50. The molecule has 232 valence electrons. The summed E-state index contributed by atoms with van der Waals surface area (Å²) >= 11 is 0. The van der Waals surface area contributed by atoms with Crippen LogP contribution in [0, 0.1) is 0 Å². The summed E-state index contributed by atoms with van der Waals surface area (Å²) in [5, 5.41) is 0. The van der Waals surface area contributed by atoms with Crippen LogP contribution in [0.4, 0.5) is 0 Å². The summed E-state index contributed by atoms with van der Waals surface area (Å²) in [5.74, 6) is 0. The monoisotopic (exact) mass is 564 g/mol. The van der Waals surface area contributed by atoms with Gasteiger partial charge in [-0.3, -0.25) is 4.57 Å². The van der Waals surface area contributed by atoms with E-state index in [2.05, 4.69) is 27.7 Å². The number of phosphoric acid groups is 1. The molecule has 0 aliphatic carbocycles. The SMILES string of the molecule is CCCCCCCC[N+](CCCCCCCC)(CCCCCCCC)CCCCCCCC.O=P([O-])(O)O. The van der Waals surface area contributed by atoms with E-state index in [9.17, 15) is 0 Å². The first kappa shape index (κ1) is 40.2. The first-order valence-electron chi connectivity index (χ1n) is 16.9. The first-order chi connectivity index (χ1) is 18.2. The summed E-state index contributed by atoms with van der Waals surface area (Å²) in [6.45, 7) is 15.3. The summed E-state index contributed by atoms with van der Waals surface area (Å²) in [5.41, 5.74) is 0. The van der Waals surface area contributed by atoms with Crippen LogP contribution in [0.1, 0.15) is 182 Å². The number of quaternary nitrogens is 1. The van der Waals surface area contributed by atoms with Gasteiger partial charge in [-0.25, -0.2) is 0 Å². The molecule has 0 saturated heterocycles. The summed E-state index contributed by atoms with van der Waals surface area (Å²) < 4.78 is 10.2. The van der Waals surface area contributed by atoms with E-state index in [0.29, 0.717) is 0 Å². The molecule has 0 bridgehead atoms. The van der Waals surface area contributed by atoms with Crippen LogP contribution in [0.25, 0.3) is 0 Å². The molecule has 0 aromatic heterocycles. The average Bonchev–Trinajstić information content (AvgIpc) is 2.86. The van der Waals surface area contributed by atoms with Gasteiger partial charge in [0, 0.05) is 0 Å². The minimum atomic E-state index is -4.89. The molecule has 0 heterocycles. The van der Waals surface area contributed by atoms with Gasteiger partial charge in [0.25, 0.3) is 7.82 Å². The number of nitrogens with zero attached hydrogens (tertiary/aromatic N) is 1. The van der Waals surface area contributed by atoms with Crippen molar-refractivity contribution >= 4 is 7.82 Å². The molecule has 0 rings (SSSR count). The highest BCUT2D eigenvalue weighted by Gasteiger charge is 2.25. The standard InChI is InChI=1S/C32H68N.H3O4P/c1-5-9-13-17-21-25-29-33(30-26-22-18-14-10-6-2,31-27-23-19-15-11-7-3)32-28-24-20-16-12-8-4;1-5(2,3)4/h5-32H2,1-4H3;(H3,1,2,3,4)/q+1;/p-1. The molecule has 0 atom stereocenters. The van der Waals surface area contributed by atoms with Crippen molar-refractivity contribution in [2.24, 2.45) is 0 Å². The Morgan fingerprint density at radius 3 is 0.763 bits per heavy atom. The zero-order valence-corrected chi connectivity index (χ0v) is 27.3. The van der Waals surface area contributed by atoms with Crippen molar-refractivity contribution in [1.82, 2.24) is 0 Å². The van der Waals surface area contributed by atoms with E-state index >= 15 is 0 Å². The number of hydrogen-bond donors (Lipinski definition) is 2. The van der Waals surface area contributed by atoms with Gasteiger partial charge in [-0.2, -0.15) is 0 Å². The lowest BCUT2D eigenvalue weighted by molar-refractivity contribution is -0.929. The van der Waals surface area contributed by atoms with Crippen molar-refractivity contribution in [3.05, 3.63) is 0 Å². The smallest absolute Gasteiger partial charge is 0.262 e. The Kier molecular flexibility index (Phi) is 31.8. The average molecular weight is 564 g/mol. The van der Waals surface area contributed by atoms with E-state index in [1.807, 2.05) is 0 Å². The second kappa shape index (κ2) is 30.0. The quantitative estimate of drug-likeness (QED) is 0.0564. The van der Waals surface area contributed by atoms with E-state index in [4.69, 9.17) is 19.2 Å². The Morgan fingerprint density at radius 1 is 0.421 bits per heavy atom. The van der Waals surface area contributed by atoms with Crippen molar-refractivity contribution in [3.8, 4) is 0 Å². The maximum absolute atomic E-state index is 8.77. The summed E-state index contributed by atoms with van der Waals surface area (Å²) in [6.07, 6.45) is 34.8. The zero-order valence-electron chi connectivity index (χ0n) is 26.4. The normalized spacial score (nSPS) is 12.0. The molecule has 5 nitrogen and oxygen atoms in total. The van der Waals surface area contributed by atoms with Crippen molar-refractivity contribution in [1.29, 1.82) is 0 Å². The third-order valence-electron chi connectivity index (χ3n) is 7.94. The minimum Gasteiger partial charge on any atom is -0.756 e. The van der Waals surface area contributed by atoms with Gasteiger partial charge >= 0.3 is 0 Å². The van der Waals surface area contributed by atoms with Gasteiger partial charge in [-0.15, -0.1) is 0 Å². The largest absolute Gasteiger partial charge is 0.756 e. The van der Waals surface area contributed by atoms with Gasteiger partial charge in [0.1, 0.15) is 0 Å². The number of hydrogen-bond acceptors (Lipinski definition) is 2. The van der Waals surface area contributed by atoms with E-state index in [-0.39, 0.29) is 0 Å². The molecule has 6 heteroatoms. The molecule has 0 saturated carbocycles. The van der Waals surface area contributed by atoms with E-state index < -0.39 is 7.82 Å². The highest BCUT2D eigenvalue weighted by Crippen LogP contribution is 2.21. The molecule has 0 fully saturated rings. The first-order valence-corrected chi connectivity index (χ1v) is 18.4. The Labute approximate surface area is 239 Å². The van der Waals surface area contributed by atoms with Gasteiger partial charge in [-0.05, 0) is 51.4 Å². The van der Waals surface area contributed by atoms with Gasteiger partial charge in [0.2, 0.25) is 0 Å². The Hall–Kier alpha value is 0.0700. The predicted molar refractivity (Wildman–Crippen MR) is 165 cm³/mol. The van der Waals surface area contributed by atoms with E-state index in [0.717, 1.165) is 0 Å². The minimum absolute atomic E-state index is 1.37. The van der Waals surface area contributed by atoms with Crippen LogP contribution in [0.2, 0.25) is 0 Å². The molecule has 0 aliphatic rings. The summed E-state index contributed by atoms with van der Waals surface area (Å²) in [6, 6.07) is 0. The highest BCUT2D eigenvalue weighted by molar-refractivity contribution is 7.43. The third kappa shape index (κ3) is 34.1. The molecule has 38 heavy (non-hydrogen) atoms. The Bertz CT molecular complexity index is 420. The van der Waals surface area contributed by atoms with Crippen LogP contribution in [-0.4, -0.2) is 40.4 Å². The maximum atomic E-state index is 8.77. The van der Waals surface area contributed by atoms with Crippen LogP contribution in [0.3, 0.4) is 0 Å². The fourth-order valence-electron chi connectivity index (χ4n) is 5.58. The molecule has 0 amide bonds. The third-order valence-corrected chi connectivity index (χ3v) is 7.94. The second-order valence-corrected chi connectivity index (χ2v) is 12.8. The molecular weight excluding hydrogens is 493 g/mol. The number of unbranched alkanes of at least 4 members (excludes halogenated alkanes) is 20.